The molecule has 1 heterocycles. The quantitative estimate of drug-likeness (QED) is 0.764. The van der Waals surface area contributed by atoms with Gasteiger partial charge in [0.25, 0.3) is 0 Å². The van der Waals surface area contributed by atoms with Crippen molar-refractivity contribution in [1.29, 1.82) is 0 Å². The summed E-state index contributed by atoms with van der Waals surface area (Å²) in [6.45, 7) is 4.89. The van der Waals surface area contributed by atoms with Crippen LogP contribution >= 0.6 is 0 Å². The van der Waals surface area contributed by atoms with Crippen LogP contribution in [0.5, 0.6) is 11.5 Å². The highest BCUT2D eigenvalue weighted by molar-refractivity contribution is 5.87. The lowest BCUT2D eigenvalue weighted by atomic mass is 10.1. The van der Waals surface area contributed by atoms with Crippen LogP contribution < -0.4 is 9.47 Å². The van der Waals surface area contributed by atoms with Gasteiger partial charge in [0.2, 0.25) is 0 Å². The third-order valence-electron chi connectivity index (χ3n) is 2.87. The number of rotatable bonds is 6. The van der Waals surface area contributed by atoms with Crippen molar-refractivity contribution in [2.45, 2.75) is 13.8 Å². The van der Waals surface area contributed by atoms with Gasteiger partial charge in [0.05, 0.1) is 38.4 Å². The van der Waals surface area contributed by atoms with Gasteiger partial charge in [-0.15, -0.1) is 0 Å². The number of aromatic nitrogens is 2. The van der Waals surface area contributed by atoms with E-state index in [-0.39, 0.29) is 5.69 Å². The lowest BCUT2D eigenvalue weighted by Gasteiger charge is -2.12. The van der Waals surface area contributed by atoms with Crippen molar-refractivity contribution in [3.63, 3.8) is 0 Å². The second-order valence-electron chi connectivity index (χ2n) is 4.31. The molecule has 2 aromatic rings. The van der Waals surface area contributed by atoms with Gasteiger partial charge in [-0.2, -0.15) is 0 Å². The molecule has 6 heteroatoms. The van der Waals surface area contributed by atoms with Gasteiger partial charge >= 0.3 is 5.97 Å². The van der Waals surface area contributed by atoms with E-state index in [0.29, 0.717) is 30.4 Å². The van der Waals surface area contributed by atoms with Crippen LogP contribution in [0.2, 0.25) is 0 Å². The van der Waals surface area contributed by atoms with Gasteiger partial charge in [-0.05, 0) is 26.0 Å². The Morgan fingerprint density at radius 1 is 1.14 bits per heavy atom. The number of hydrogen-bond donors (Lipinski definition) is 0. The van der Waals surface area contributed by atoms with Gasteiger partial charge in [-0.1, -0.05) is 0 Å². The summed E-state index contributed by atoms with van der Waals surface area (Å²) in [5.41, 5.74) is 1.43. The van der Waals surface area contributed by atoms with E-state index in [4.69, 9.17) is 9.47 Å². The van der Waals surface area contributed by atoms with E-state index in [0.717, 1.165) is 5.56 Å². The Morgan fingerprint density at radius 3 is 2.59 bits per heavy atom. The van der Waals surface area contributed by atoms with Gasteiger partial charge < -0.3 is 14.2 Å². The molecule has 0 spiro atoms. The van der Waals surface area contributed by atoms with Crippen molar-refractivity contribution < 1.29 is 19.0 Å². The van der Waals surface area contributed by atoms with Crippen molar-refractivity contribution in [2.24, 2.45) is 0 Å². The Labute approximate surface area is 129 Å². The molecule has 1 aromatic heterocycles. The summed E-state index contributed by atoms with van der Waals surface area (Å²) in [6.07, 6.45) is 2.94. The standard InChI is InChI=1S/C16H18N2O4/c1-4-21-11-6-7-12(15(8-11)22-5-2)13-9-17-10-14(18-13)16(19)20-3/h6-10H,4-5H2,1-3H3. The van der Waals surface area contributed by atoms with Crippen LogP contribution in [0.3, 0.4) is 0 Å². The molecule has 0 bridgehead atoms. The van der Waals surface area contributed by atoms with E-state index >= 15 is 0 Å². The second kappa shape index (κ2) is 7.40. The maximum absolute atomic E-state index is 11.6. The van der Waals surface area contributed by atoms with Crippen molar-refractivity contribution in [2.75, 3.05) is 20.3 Å². The first-order valence-corrected chi connectivity index (χ1v) is 7.00. The Bertz CT molecular complexity index is 658. The van der Waals surface area contributed by atoms with E-state index < -0.39 is 5.97 Å². The van der Waals surface area contributed by atoms with Crippen molar-refractivity contribution in [3.8, 4) is 22.8 Å². The fraction of sp³-hybridized carbons (Fsp3) is 0.312. The highest BCUT2D eigenvalue weighted by Gasteiger charge is 2.13. The first kappa shape index (κ1) is 15.8. The fourth-order valence-electron chi connectivity index (χ4n) is 1.94. The smallest absolute Gasteiger partial charge is 0.358 e. The molecule has 0 saturated carbocycles. The highest BCUT2D eigenvalue weighted by Crippen LogP contribution is 2.32. The minimum absolute atomic E-state index is 0.149. The molecule has 0 saturated heterocycles. The molecule has 1 aromatic carbocycles. The van der Waals surface area contributed by atoms with Crippen LogP contribution in [0, 0.1) is 0 Å². The Kier molecular flexibility index (Phi) is 5.30. The summed E-state index contributed by atoms with van der Waals surface area (Å²) in [7, 11) is 1.30. The third kappa shape index (κ3) is 3.52. The third-order valence-corrected chi connectivity index (χ3v) is 2.87. The predicted octanol–water partition coefficient (Wildman–Crippen LogP) is 2.73. The molecule has 0 unspecified atom stereocenters. The zero-order valence-electron chi connectivity index (χ0n) is 12.8. The molecule has 0 radical (unpaired) electrons. The van der Waals surface area contributed by atoms with Gasteiger partial charge in [-0.3, -0.25) is 4.98 Å². The number of nitrogens with zero attached hydrogens (tertiary/aromatic N) is 2. The SMILES string of the molecule is CCOc1ccc(-c2cncc(C(=O)OC)n2)c(OCC)c1. The van der Waals surface area contributed by atoms with E-state index in [1.165, 1.54) is 13.3 Å². The van der Waals surface area contributed by atoms with Crippen molar-refractivity contribution in [3.05, 3.63) is 36.3 Å². The average Bonchev–Trinajstić information content (AvgIpc) is 2.55. The molecular formula is C16H18N2O4. The molecule has 2 rings (SSSR count). The summed E-state index contributed by atoms with van der Waals surface area (Å²) in [5.74, 6) is 0.815. The maximum atomic E-state index is 11.6. The van der Waals surface area contributed by atoms with Crippen LogP contribution in [-0.4, -0.2) is 36.3 Å². The molecule has 0 amide bonds. The van der Waals surface area contributed by atoms with Gasteiger partial charge in [0.15, 0.2) is 5.69 Å². The first-order valence-electron chi connectivity index (χ1n) is 7.00. The largest absolute Gasteiger partial charge is 0.494 e. The lowest BCUT2D eigenvalue weighted by molar-refractivity contribution is 0.0593. The topological polar surface area (TPSA) is 70.5 Å². The van der Waals surface area contributed by atoms with Crippen LogP contribution in [0.15, 0.2) is 30.6 Å². The zero-order chi connectivity index (χ0) is 15.9. The van der Waals surface area contributed by atoms with Gasteiger partial charge in [0.1, 0.15) is 11.5 Å². The average molecular weight is 302 g/mol. The molecule has 0 atom stereocenters. The van der Waals surface area contributed by atoms with E-state index in [9.17, 15) is 4.79 Å². The number of esters is 1. The number of ether oxygens (including phenoxy) is 3. The van der Waals surface area contributed by atoms with Gasteiger partial charge in [-0.25, -0.2) is 9.78 Å². The molecule has 0 fully saturated rings. The highest BCUT2D eigenvalue weighted by atomic mass is 16.5. The Morgan fingerprint density at radius 2 is 1.91 bits per heavy atom. The Balaban J connectivity index is 2.44. The zero-order valence-corrected chi connectivity index (χ0v) is 12.8. The number of benzene rings is 1. The van der Waals surface area contributed by atoms with Crippen LogP contribution in [-0.2, 0) is 4.74 Å². The molecular weight excluding hydrogens is 284 g/mol. The molecule has 0 aliphatic heterocycles. The fourth-order valence-corrected chi connectivity index (χ4v) is 1.94. The predicted molar refractivity (Wildman–Crippen MR) is 81.1 cm³/mol. The number of methoxy groups -OCH3 is 1. The van der Waals surface area contributed by atoms with Crippen LogP contribution in [0.25, 0.3) is 11.3 Å². The molecule has 116 valence electrons. The second-order valence-corrected chi connectivity index (χ2v) is 4.31. The minimum atomic E-state index is -0.529. The summed E-state index contributed by atoms with van der Waals surface area (Å²) in [6, 6.07) is 5.46. The van der Waals surface area contributed by atoms with E-state index in [1.807, 2.05) is 26.0 Å². The maximum Gasteiger partial charge on any atom is 0.358 e. The minimum Gasteiger partial charge on any atom is -0.494 e. The molecule has 0 aliphatic carbocycles. The monoisotopic (exact) mass is 302 g/mol. The van der Waals surface area contributed by atoms with Crippen molar-refractivity contribution >= 4 is 5.97 Å². The number of hydrogen-bond acceptors (Lipinski definition) is 6. The number of carbonyl (C=O) groups excluding carboxylic acids is 1. The summed E-state index contributed by atoms with van der Waals surface area (Å²) < 4.78 is 15.8. The molecule has 0 N–H and O–H groups in total. The van der Waals surface area contributed by atoms with Crippen LogP contribution in [0.4, 0.5) is 0 Å². The normalized spacial score (nSPS) is 10.1. The molecule has 0 aliphatic rings. The van der Waals surface area contributed by atoms with Crippen molar-refractivity contribution in [1.82, 2.24) is 9.97 Å². The van der Waals surface area contributed by atoms with Crippen LogP contribution in [0.1, 0.15) is 24.3 Å². The summed E-state index contributed by atoms with van der Waals surface area (Å²) in [4.78, 5) is 19.9. The Hall–Kier alpha value is -2.63. The molecule has 22 heavy (non-hydrogen) atoms. The first-order chi connectivity index (χ1) is 10.7. The summed E-state index contributed by atoms with van der Waals surface area (Å²) >= 11 is 0. The lowest BCUT2D eigenvalue weighted by Crippen LogP contribution is -2.06. The van der Waals surface area contributed by atoms with E-state index in [1.54, 1.807) is 12.3 Å². The van der Waals surface area contributed by atoms with E-state index in [2.05, 4.69) is 14.7 Å². The summed E-state index contributed by atoms with van der Waals surface area (Å²) in [5, 5.41) is 0. The van der Waals surface area contributed by atoms with Gasteiger partial charge in [0, 0.05) is 11.6 Å². The molecule has 6 nitrogen and oxygen atoms in total. The number of carbonyl (C=O) groups is 1.